The summed E-state index contributed by atoms with van der Waals surface area (Å²) >= 11 is 0. The Kier molecular flexibility index (Phi) is 7.53. The number of nitrogens with one attached hydrogen (secondary N) is 1. The summed E-state index contributed by atoms with van der Waals surface area (Å²) in [6, 6.07) is 8.63. The van der Waals surface area contributed by atoms with Gasteiger partial charge in [-0.25, -0.2) is 0 Å². The van der Waals surface area contributed by atoms with Gasteiger partial charge in [-0.05, 0) is 50.9 Å². The molecule has 0 radical (unpaired) electrons. The van der Waals surface area contributed by atoms with Gasteiger partial charge in [0.1, 0.15) is 5.75 Å². The molecule has 1 N–H and O–H groups in total. The van der Waals surface area contributed by atoms with E-state index >= 15 is 0 Å². The van der Waals surface area contributed by atoms with Gasteiger partial charge in [0.25, 0.3) is 0 Å². The van der Waals surface area contributed by atoms with Crippen molar-refractivity contribution >= 4 is 0 Å². The molecule has 0 bridgehead atoms. The van der Waals surface area contributed by atoms with Crippen LogP contribution in [0, 0.1) is 0 Å². The summed E-state index contributed by atoms with van der Waals surface area (Å²) in [5.41, 5.74) is 1.31. The summed E-state index contributed by atoms with van der Waals surface area (Å²) in [4.78, 5) is 0. The minimum atomic E-state index is 0.279. The van der Waals surface area contributed by atoms with E-state index in [1.165, 1.54) is 5.56 Å². The molecule has 1 unspecified atom stereocenters. The third-order valence-electron chi connectivity index (χ3n) is 2.95. The van der Waals surface area contributed by atoms with Crippen molar-refractivity contribution in [2.75, 3.05) is 20.3 Å². The van der Waals surface area contributed by atoms with Crippen LogP contribution in [0.1, 0.15) is 32.8 Å². The molecule has 0 heterocycles. The number of ether oxygens (including phenoxy) is 2. The first-order chi connectivity index (χ1) is 9.15. The Morgan fingerprint density at radius 2 is 1.84 bits per heavy atom. The van der Waals surface area contributed by atoms with Gasteiger partial charge in [0, 0.05) is 6.04 Å². The maximum absolute atomic E-state index is 5.73. The van der Waals surface area contributed by atoms with Gasteiger partial charge < -0.3 is 14.8 Å². The van der Waals surface area contributed by atoms with Crippen molar-refractivity contribution < 1.29 is 9.47 Å². The lowest BCUT2D eigenvalue weighted by molar-refractivity contribution is 0.0613. The Morgan fingerprint density at radius 3 is 2.37 bits per heavy atom. The molecule has 1 atom stereocenters. The highest BCUT2D eigenvalue weighted by Gasteiger charge is 2.10. The SMILES string of the molecule is CCCNC(COC(C)C)Cc1ccc(OC)cc1. The van der Waals surface area contributed by atoms with Gasteiger partial charge in [-0.3, -0.25) is 0 Å². The Hall–Kier alpha value is -1.06. The predicted molar refractivity (Wildman–Crippen MR) is 79.9 cm³/mol. The molecular weight excluding hydrogens is 238 g/mol. The lowest BCUT2D eigenvalue weighted by atomic mass is 10.1. The van der Waals surface area contributed by atoms with E-state index in [-0.39, 0.29) is 6.10 Å². The van der Waals surface area contributed by atoms with Crippen LogP contribution in [0.2, 0.25) is 0 Å². The van der Waals surface area contributed by atoms with Crippen molar-refractivity contribution in [3.8, 4) is 5.75 Å². The summed E-state index contributed by atoms with van der Waals surface area (Å²) in [5, 5.41) is 3.55. The van der Waals surface area contributed by atoms with Crippen molar-refractivity contribution in [1.82, 2.24) is 5.32 Å². The first-order valence-corrected chi connectivity index (χ1v) is 7.13. The normalized spacial score (nSPS) is 12.7. The second-order valence-electron chi connectivity index (χ2n) is 5.09. The van der Waals surface area contributed by atoms with Gasteiger partial charge in [0.15, 0.2) is 0 Å². The maximum Gasteiger partial charge on any atom is 0.118 e. The van der Waals surface area contributed by atoms with E-state index in [2.05, 4.69) is 38.2 Å². The van der Waals surface area contributed by atoms with E-state index in [0.29, 0.717) is 6.04 Å². The summed E-state index contributed by atoms with van der Waals surface area (Å²) in [6.07, 6.45) is 2.40. The average molecular weight is 265 g/mol. The van der Waals surface area contributed by atoms with Crippen molar-refractivity contribution in [2.45, 2.75) is 45.8 Å². The van der Waals surface area contributed by atoms with E-state index in [0.717, 1.165) is 31.7 Å². The smallest absolute Gasteiger partial charge is 0.118 e. The van der Waals surface area contributed by atoms with Crippen molar-refractivity contribution in [1.29, 1.82) is 0 Å². The molecule has 0 aliphatic rings. The standard InChI is InChI=1S/C16H27NO2/c1-5-10-17-15(12-19-13(2)3)11-14-6-8-16(18-4)9-7-14/h6-9,13,15,17H,5,10-12H2,1-4H3. The largest absolute Gasteiger partial charge is 0.497 e. The van der Waals surface area contributed by atoms with E-state index in [9.17, 15) is 0 Å². The summed E-state index contributed by atoms with van der Waals surface area (Å²) in [5.74, 6) is 0.903. The van der Waals surface area contributed by atoms with Crippen LogP contribution in [0.4, 0.5) is 0 Å². The molecule has 0 aliphatic heterocycles. The number of methoxy groups -OCH3 is 1. The molecule has 0 saturated carbocycles. The fourth-order valence-corrected chi connectivity index (χ4v) is 1.89. The molecular formula is C16H27NO2. The molecule has 1 aromatic carbocycles. The third kappa shape index (κ3) is 6.60. The molecule has 3 nitrogen and oxygen atoms in total. The first kappa shape index (κ1) is 16.0. The zero-order chi connectivity index (χ0) is 14.1. The second kappa shape index (κ2) is 8.94. The van der Waals surface area contributed by atoms with Crippen LogP contribution >= 0.6 is 0 Å². The van der Waals surface area contributed by atoms with Crippen molar-refractivity contribution in [3.05, 3.63) is 29.8 Å². The fraction of sp³-hybridized carbons (Fsp3) is 0.625. The van der Waals surface area contributed by atoms with Gasteiger partial charge in [-0.15, -0.1) is 0 Å². The topological polar surface area (TPSA) is 30.5 Å². The molecule has 1 aromatic rings. The van der Waals surface area contributed by atoms with Crippen LogP contribution in [0.25, 0.3) is 0 Å². The zero-order valence-electron chi connectivity index (χ0n) is 12.6. The van der Waals surface area contributed by atoms with Crippen LogP contribution in [0.15, 0.2) is 24.3 Å². The molecule has 0 aromatic heterocycles. The molecule has 1 rings (SSSR count). The Morgan fingerprint density at radius 1 is 1.16 bits per heavy atom. The fourth-order valence-electron chi connectivity index (χ4n) is 1.89. The first-order valence-electron chi connectivity index (χ1n) is 7.13. The quantitative estimate of drug-likeness (QED) is 0.744. The average Bonchev–Trinajstić information content (AvgIpc) is 2.42. The summed E-state index contributed by atoms with van der Waals surface area (Å²) < 4.78 is 10.9. The summed E-state index contributed by atoms with van der Waals surface area (Å²) in [7, 11) is 1.69. The highest BCUT2D eigenvalue weighted by Crippen LogP contribution is 2.13. The molecule has 0 spiro atoms. The van der Waals surface area contributed by atoms with Gasteiger partial charge in [-0.1, -0.05) is 19.1 Å². The van der Waals surface area contributed by atoms with Crippen LogP contribution in [-0.4, -0.2) is 32.4 Å². The number of hydrogen-bond acceptors (Lipinski definition) is 3. The Bertz CT molecular complexity index is 335. The lowest BCUT2D eigenvalue weighted by Crippen LogP contribution is -2.36. The number of benzene rings is 1. The van der Waals surface area contributed by atoms with Crippen molar-refractivity contribution in [2.24, 2.45) is 0 Å². The highest BCUT2D eigenvalue weighted by atomic mass is 16.5. The molecule has 0 fully saturated rings. The Balaban J connectivity index is 2.53. The zero-order valence-corrected chi connectivity index (χ0v) is 12.6. The van der Waals surface area contributed by atoms with E-state index in [4.69, 9.17) is 9.47 Å². The highest BCUT2D eigenvalue weighted by molar-refractivity contribution is 5.27. The minimum Gasteiger partial charge on any atom is -0.497 e. The Labute approximate surface area is 117 Å². The van der Waals surface area contributed by atoms with Gasteiger partial charge in [-0.2, -0.15) is 0 Å². The molecule has 19 heavy (non-hydrogen) atoms. The van der Waals surface area contributed by atoms with Crippen LogP contribution in [0.5, 0.6) is 5.75 Å². The molecule has 0 saturated heterocycles. The number of hydrogen-bond donors (Lipinski definition) is 1. The second-order valence-corrected chi connectivity index (χ2v) is 5.09. The molecule has 0 amide bonds. The van der Waals surface area contributed by atoms with Crippen molar-refractivity contribution in [3.63, 3.8) is 0 Å². The predicted octanol–water partition coefficient (Wildman–Crippen LogP) is 3.03. The van der Waals surface area contributed by atoms with Gasteiger partial charge in [0.05, 0.1) is 19.8 Å². The summed E-state index contributed by atoms with van der Waals surface area (Å²) in [6.45, 7) is 8.11. The molecule has 0 aliphatic carbocycles. The molecule has 3 heteroatoms. The van der Waals surface area contributed by atoms with E-state index in [1.807, 2.05) is 12.1 Å². The van der Waals surface area contributed by atoms with Gasteiger partial charge in [0.2, 0.25) is 0 Å². The third-order valence-corrected chi connectivity index (χ3v) is 2.95. The number of rotatable bonds is 9. The van der Waals surface area contributed by atoms with Crippen LogP contribution < -0.4 is 10.1 Å². The van der Waals surface area contributed by atoms with E-state index in [1.54, 1.807) is 7.11 Å². The monoisotopic (exact) mass is 265 g/mol. The molecule has 108 valence electrons. The van der Waals surface area contributed by atoms with E-state index < -0.39 is 0 Å². The van der Waals surface area contributed by atoms with Gasteiger partial charge >= 0.3 is 0 Å². The van der Waals surface area contributed by atoms with Crippen LogP contribution in [-0.2, 0) is 11.2 Å². The van der Waals surface area contributed by atoms with Crippen LogP contribution in [0.3, 0.4) is 0 Å². The lowest BCUT2D eigenvalue weighted by Gasteiger charge is -2.20. The maximum atomic E-state index is 5.73. The minimum absolute atomic E-state index is 0.279.